The lowest BCUT2D eigenvalue weighted by atomic mass is 9.84. The van der Waals surface area contributed by atoms with Crippen LogP contribution in [-0.2, 0) is 9.59 Å². The summed E-state index contributed by atoms with van der Waals surface area (Å²) in [5, 5.41) is 18.2. The van der Waals surface area contributed by atoms with Crippen LogP contribution in [0.25, 0.3) is 5.76 Å². The number of carbonyl (C=O) groups is 2. The van der Waals surface area contributed by atoms with Gasteiger partial charge in [0.05, 0.1) is 0 Å². The molecule has 0 amide bonds. The van der Waals surface area contributed by atoms with E-state index in [1.807, 2.05) is 12.1 Å². The Labute approximate surface area is 117 Å². The fourth-order valence-corrected chi connectivity index (χ4v) is 2.63. The van der Waals surface area contributed by atoms with Crippen molar-refractivity contribution in [2.24, 2.45) is 0 Å². The fraction of sp³-hybridized carbons (Fsp3) is 0.375. The minimum absolute atomic E-state index is 0.312. The Bertz CT molecular complexity index is 522. The molecule has 0 saturated heterocycles. The van der Waals surface area contributed by atoms with Crippen molar-refractivity contribution in [1.29, 1.82) is 0 Å². The summed E-state index contributed by atoms with van der Waals surface area (Å²) in [6.45, 7) is 0. The van der Waals surface area contributed by atoms with Gasteiger partial charge in [-0.15, -0.1) is 0 Å². The summed E-state index contributed by atoms with van der Waals surface area (Å²) in [4.78, 5) is 21.4. The van der Waals surface area contributed by atoms with Gasteiger partial charge in [-0.1, -0.05) is 43.5 Å². The number of hydrogen-bond acceptors (Lipinski definition) is 3. The molecule has 2 N–H and O–H groups in total. The summed E-state index contributed by atoms with van der Waals surface area (Å²) in [6.07, 6.45) is 6.93. The van der Waals surface area contributed by atoms with Gasteiger partial charge in [0.1, 0.15) is 5.76 Å². The second kappa shape index (κ2) is 6.37. The van der Waals surface area contributed by atoms with Crippen LogP contribution in [0.4, 0.5) is 0 Å². The number of rotatable bonds is 4. The van der Waals surface area contributed by atoms with Gasteiger partial charge in [-0.25, -0.2) is 4.79 Å². The van der Waals surface area contributed by atoms with Crippen LogP contribution in [0.2, 0.25) is 0 Å². The lowest BCUT2D eigenvalue weighted by Gasteiger charge is -2.22. The van der Waals surface area contributed by atoms with Crippen LogP contribution in [0, 0.1) is 0 Å². The minimum atomic E-state index is -1.57. The SMILES string of the molecule is O=C(O)C(=O)C=C(O)c1ccc(C2CCCCC2)cc1. The minimum Gasteiger partial charge on any atom is -0.507 e. The topological polar surface area (TPSA) is 74.6 Å². The van der Waals surface area contributed by atoms with E-state index in [1.165, 1.54) is 37.7 Å². The van der Waals surface area contributed by atoms with Gasteiger partial charge in [0.25, 0.3) is 5.78 Å². The van der Waals surface area contributed by atoms with Crippen LogP contribution in [0.1, 0.15) is 49.1 Å². The highest BCUT2D eigenvalue weighted by Crippen LogP contribution is 2.32. The maximum Gasteiger partial charge on any atom is 0.376 e. The molecule has 4 heteroatoms. The summed E-state index contributed by atoms with van der Waals surface area (Å²) < 4.78 is 0. The number of aliphatic hydroxyl groups is 1. The first kappa shape index (κ1) is 14.3. The molecule has 4 nitrogen and oxygen atoms in total. The lowest BCUT2D eigenvalue weighted by molar-refractivity contribution is -0.146. The Balaban J connectivity index is 2.11. The van der Waals surface area contributed by atoms with E-state index in [1.54, 1.807) is 12.1 Å². The highest BCUT2D eigenvalue weighted by atomic mass is 16.4. The van der Waals surface area contributed by atoms with Crippen LogP contribution in [0.5, 0.6) is 0 Å². The Hall–Kier alpha value is -2.10. The van der Waals surface area contributed by atoms with Crippen molar-refractivity contribution in [3.8, 4) is 0 Å². The van der Waals surface area contributed by atoms with Crippen LogP contribution in [-0.4, -0.2) is 22.0 Å². The zero-order valence-corrected chi connectivity index (χ0v) is 11.2. The smallest absolute Gasteiger partial charge is 0.376 e. The van der Waals surface area contributed by atoms with E-state index in [-0.39, 0.29) is 5.76 Å². The number of carboxylic acid groups (broad SMARTS) is 1. The van der Waals surface area contributed by atoms with Gasteiger partial charge in [0, 0.05) is 11.6 Å². The molecular weight excluding hydrogens is 256 g/mol. The Morgan fingerprint density at radius 3 is 2.15 bits per heavy atom. The first-order chi connectivity index (χ1) is 9.58. The average molecular weight is 274 g/mol. The molecule has 1 fully saturated rings. The molecule has 1 aromatic carbocycles. The maximum absolute atomic E-state index is 11.0. The predicted molar refractivity (Wildman–Crippen MR) is 75.5 cm³/mol. The molecular formula is C16H18O4. The molecule has 2 rings (SSSR count). The molecule has 1 aliphatic rings. The number of ketones is 1. The van der Waals surface area contributed by atoms with Gasteiger partial charge in [-0.05, 0) is 24.3 Å². The maximum atomic E-state index is 11.0. The highest BCUT2D eigenvalue weighted by Gasteiger charge is 2.16. The predicted octanol–water partition coefficient (Wildman–Crippen LogP) is 3.29. The molecule has 1 saturated carbocycles. The van der Waals surface area contributed by atoms with Crippen molar-refractivity contribution in [2.45, 2.75) is 38.0 Å². The van der Waals surface area contributed by atoms with Crippen LogP contribution >= 0.6 is 0 Å². The van der Waals surface area contributed by atoms with E-state index < -0.39 is 11.8 Å². The Kier molecular flexibility index (Phi) is 4.56. The molecule has 0 heterocycles. The quantitative estimate of drug-likeness (QED) is 0.502. The molecule has 0 aliphatic heterocycles. The zero-order chi connectivity index (χ0) is 14.5. The summed E-state index contributed by atoms with van der Waals surface area (Å²) in [5.74, 6) is -2.44. The number of aliphatic hydroxyl groups excluding tert-OH is 1. The summed E-state index contributed by atoms with van der Waals surface area (Å²) in [5.41, 5.74) is 1.70. The van der Waals surface area contributed by atoms with Crippen molar-refractivity contribution < 1.29 is 19.8 Å². The zero-order valence-electron chi connectivity index (χ0n) is 11.2. The second-order valence-electron chi connectivity index (χ2n) is 5.16. The Morgan fingerprint density at radius 2 is 1.60 bits per heavy atom. The van der Waals surface area contributed by atoms with Gasteiger partial charge >= 0.3 is 5.97 Å². The average Bonchev–Trinajstić information content (AvgIpc) is 2.48. The van der Waals surface area contributed by atoms with Gasteiger partial charge in [0.15, 0.2) is 0 Å². The number of carbonyl (C=O) groups excluding carboxylic acids is 1. The van der Waals surface area contributed by atoms with Gasteiger partial charge in [-0.3, -0.25) is 4.79 Å². The molecule has 1 aliphatic carbocycles. The van der Waals surface area contributed by atoms with Gasteiger partial charge < -0.3 is 10.2 Å². The molecule has 0 radical (unpaired) electrons. The molecule has 0 spiro atoms. The molecule has 0 bridgehead atoms. The van der Waals surface area contributed by atoms with E-state index >= 15 is 0 Å². The highest BCUT2D eigenvalue weighted by molar-refractivity contribution is 6.38. The van der Waals surface area contributed by atoms with Crippen molar-refractivity contribution in [1.82, 2.24) is 0 Å². The summed E-state index contributed by atoms with van der Waals surface area (Å²) in [6, 6.07) is 7.34. The van der Waals surface area contributed by atoms with Crippen molar-refractivity contribution in [3.63, 3.8) is 0 Å². The number of aliphatic carboxylic acids is 1. The third-order valence-electron chi connectivity index (χ3n) is 3.76. The Morgan fingerprint density at radius 1 is 1.00 bits per heavy atom. The fourth-order valence-electron chi connectivity index (χ4n) is 2.63. The van der Waals surface area contributed by atoms with E-state index in [4.69, 9.17) is 5.11 Å². The van der Waals surface area contributed by atoms with Crippen molar-refractivity contribution in [3.05, 3.63) is 41.5 Å². The molecule has 20 heavy (non-hydrogen) atoms. The normalized spacial score (nSPS) is 16.9. The van der Waals surface area contributed by atoms with E-state index in [9.17, 15) is 14.7 Å². The monoisotopic (exact) mass is 274 g/mol. The van der Waals surface area contributed by atoms with Gasteiger partial charge in [0.2, 0.25) is 0 Å². The van der Waals surface area contributed by atoms with Crippen LogP contribution in [0.15, 0.2) is 30.3 Å². The third kappa shape index (κ3) is 3.47. The first-order valence-electron chi connectivity index (χ1n) is 6.86. The number of hydrogen-bond donors (Lipinski definition) is 2. The molecule has 0 atom stereocenters. The molecule has 106 valence electrons. The summed E-state index contributed by atoms with van der Waals surface area (Å²) in [7, 11) is 0. The molecule has 1 aromatic rings. The summed E-state index contributed by atoms with van der Waals surface area (Å²) >= 11 is 0. The van der Waals surface area contributed by atoms with E-state index in [0.717, 1.165) is 6.08 Å². The largest absolute Gasteiger partial charge is 0.507 e. The standard InChI is InChI=1S/C16H18O4/c17-14(10-15(18)16(19)20)13-8-6-12(7-9-13)11-4-2-1-3-5-11/h6-11,17H,1-5H2,(H,19,20). The molecule has 0 unspecified atom stereocenters. The van der Waals surface area contributed by atoms with E-state index in [2.05, 4.69) is 0 Å². The molecule has 0 aromatic heterocycles. The number of benzene rings is 1. The second-order valence-corrected chi connectivity index (χ2v) is 5.16. The first-order valence-corrected chi connectivity index (χ1v) is 6.86. The van der Waals surface area contributed by atoms with Crippen LogP contribution < -0.4 is 0 Å². The van der Waals surface area contributed by atoms with Crippen molar-refractivity contribution in [2.75, 3.05) is 0 Å². The van der Waals surface area contributed by atoms with Crippen molar-refractivity contribution >= 4 is 17.5 Å². The van der Waals surface area contributed by atoms with Gasteiger partial charge in [-0.2, -0.15) is 0 Å². The number of carboxylic acids is 1. The van der Waals surface area contributed by atoms with E-state index in [0.29, 0.717) is 11.5 Å². The lowest BCUT2D eigenvalue weighted by Crippen LogP contribution is -2.09. The third-order valence-corrected chi connectivity index (χ3v) is 3.76. The van der Waals surface area contributed by atoms with Crippen LogP contribution in [0.3, 0.4) is 0 Å².